The molecule has 1 aliphatic heterocycles. The van der Waals surface area contributed by atoms with Crippen molar-refractivity contribution in [3.05, 3.63) is 216 Å². The Kier molecular flexibility index (Phi) is 10.0. The van der Waals surface area contributed by atoms with E-state index < -0.39 is 0 Å². The molecule has 2 aliphatic rings. The number of nitrogens with zero attached hydrogens (tertiary/aromatic N) is 3. The van der Waals surface area contributed by atoms with Gasteiger partial charge in [-0.2, -0.15) is 0 Å². The summed E-state index contributed by atoms with van der Waals surface area (Å²) < 4.78 is 0. The summed E-state index contributed by atoms with van der Waals surface area (Å²) in [6.45, 7) is 5.86. The van der Waals surface area contributed by atoms with E-state index in [1.807, 2.05) is 0 Å². The van der Waals surface area contributed by atoms with Gasteiger partial charge in [-0.05, 0) is 122 Å². The first-order valence-electron chi connectivity index (χ1n) is 17.4. The van der Waals surface area contributed by atoms with E-state index in [1.54, 1.807) is 0 Å². The third-order valence-electron chi connectivity index (χ3n) is 9.15. The molecule has 5 aromatic carbocycles. The Morgan fingerprint density at radius 3 is 1.94 bits per heavy atom. The van der Waals surface area contributed by atoms with Crippen LogP contribution < -0.4 is 9.80 Å². The molecule has 0 bridgehead atoms. The molecule has 1 aliphatic carbocycles. The number of rotatable bonds is 9. The van der Waals surface area contributed by atoms with E-state index in [-0.39, 0.29) is 0 Å². The van der Waals surface area contributed by atoms with E-state index in [4.69, 9.17) is 0 Å². The van der Waals surface area contributed by atoms with Gasteiger partial charge in [0.1, 0.15) is 0 Å². The van der Waals surface area contributed by atoms with Crippen molar-refractivity contribution in [1.29, 1.82) is 0 Å². The van der Waals surface area contributed by atoms with E-state index in [0.717, 1.165) is 53.6 Å². The molecule has 5 aromatic rings. The summed E-state index contributed by atoms with van der Waals surface area (Å²) in [5.41, 5.74) is 13.0. The molecule has 0 saturated carbocycles. The van der Waals surface area contributed by atoms with Gasteiger partial charge in [-0.1, -0.05) is 109 Å². The number of aryl methyl sites for hydroxylation is 1. The lowest BCUT2D eigenvalue weighted by Crippen LogP contribution is -2.23. The van der Waals surface area contributed by atoms with Crippen molar-refractivity contribution in [2.45, 2.75) is 26.8 Å². The summed E-state index contributed by atoms with van der Waals surface area (Å²) in [4.78, 5) is 7.16. The second-order valence-electron chi connectivity index (χ2n) is 12.7. The van der Waals surface area contributed by atoms with E-state index in [1.165, 1.54) is 28.0 Å². The van der Waals surface area contributed by atoms with Crippen LogP contribution in [-0.4, -0.2) is 11.4 Å². The fourth-order valence-corrected chi connectivity index (χ4v) is 6.60. The van der Waals surface area contributed by atoms with Crippen molar-refractivity contribution < 1.29 is 0 Å². The molecule has 0 radical (unpaired) electrons. The van der Waals surface area contributed by atoms with E-state index in [9.17, 15) is 0 Å². The smallest absolute Gasteiger partial charge is 0.0467 e. The normalized spacial score (nSPS) is 14.4. The highest BCUT2D eigenvalue weighted by Gasteiger charge is 2.20. The van der Waals surface area contributed by atoms with Gasteiger partial charge in [0.2, 0.25) is 0 Å². The fourth-order valence-electron chi connectivity index (χ4n) is 6.60. The second-order valence-corrected chi connectivity index (χ2v) is 12.7. The number of fused-ring (bicyclic) bond motifs is 1. The molecule has 0 atom stereocenters. The first-order chi connectivity index (χ1) is 24.7. The fraction of sp³-hybridized carbons (Fsp3) is 0.106. The first-order valence-corrected chi connectivity index (χ1v) is 17.4. The molecule has 246 valence electrons. The Balaban J connectivity index is 1.31. The molecule has 1 heterocycles. The Morgan fingerprint density at radius 1 is 0.660 bits per heavy atom. The van der Waals surface area contributed by atoms with Crippen LogP contribution in [0.1, 0.15) is 30.0 Å². The largest absolute Gasteiger partial charge is 0.363 e. The summed E-state index contributed by atoms with van der Waals surface area (Å²) >= 11 is 0. The number of anilines is 5. The number of allylic oxidation sites excluding steroid dienone is 7. The maximum absolute atomic E-state index is 2.49. The van der Waals surface area contributed by atoms with Crippen LogP contribution in [0.25, 0.3) is 6.08 Å². The molecule has 7 rings (SSSR count). The van der Waals surface area contributed by atoms with Crippen LogP contribution in [0, 0.1) is 6.92 Å². The molecular formula is C47H43N3. The van der Waals surface area contributed by atoms with Crippen LogP contribution in [0.15, 0.2) is 199 Å². The van der Waals surface area contributed by atoms with Gasteiger partial charge in [-0.3, -0.25) is 0 Å². The third-order valence-corrected chi connectivity index (χ3v) is 9.15. The zero-order valence-electron chi connectivity index (χ0n) is 28.9. The quantitative estimate of drug-likeness (QED) is 0.147. The number of hydrogen-bond acceptors (Lipinski definition) is 3. The minimum Gasteiger partial charge on any atom is -0.363 e. The van der Waals surface area contributed by atoms with Crippen LogP contribution >= 0.6 is 0 Å². The number of para-hydroxylation sites is 3. The van der Waals surface area contributed by atoms with Crippen molar-refractivity contribution in [2.24, 2.45) is 0 Å². The average Bonchev–Trinajstić information content (AvgIpc) is 3.55. The number of benzene rings is 5. The first kappa shape index (κ1) is 32.5. The van der Waals surface area contributed by atoms with Crippen molar-refractivity contribution in [3.63, 3.8) is 0 Å². The molecule has 50 heavy (non-hydrogen) atoms. The Morgan fingerprint density at radius 2 is 1.28 bits per heavy atom. The van der Waals surface area contributed by atoms with Gasteiger partial charge in [0.25, 0.3) is 0 Å². The zero-order chi connectivity index (χ0) is 34.1. The SMILES string of the molecule is C/C=C(\C=C/C1=Cc2cc(N(c3ccccc3)c3ccccc3)ccc2CN(C2=CC=CCC=C2)C1)N(c1ccccc1)c1ccc(C)cc1. The Bertz CT molecular complexity index is 2040. The lowest BCUT2D eigenvalue weighted by Gasteiger charge is -2.27. The molecule has 0 unspecified atom stereocenters. The minimum absolute atomic E-state index is 0.790. The van der Waals surface area contributed by atoms with Crippen molar-refractivity contribution in [3.8, 4) is 0 Å². The van der Waals surface area contributed by atoms with E-state index >= 15 is 0 Å². The predicted octanol–water partition coefficient (Wildman–Crippen LogP) is 12.4. The second kappa shape index (κ2) is 15.4. The van der Waals surface area contributed by atoms with Crippen LogP contribution in [-0.2, 0) is 6.54 Å². The Hall–Kier alpha value is -6.06. The summed E-state index contributed by atoms with van der Waals surface area (Å²) in [7, 11) is 0. The van der Waals surface area contributed by atoms with Gasteiger partial charge in [0.05, 0.1) is 0 Å². The lowest BCUT2D eigenvalue weighted by molar-refractivity contribution is 0.382. The molecule has 0 saturated heterocycles. The zero-order valence-corrected chi connectivity index (χ0v) is 28.9. The van der Waals surface area contributed by atoms with E-state index in [0.29, 0.717) is 0 Å². The van der Waals surface area contributed by atoms with Crippen molar-refractivity contribution >= 4 is 34.5 Å². The van der Waals surface area contributed by atoms with Crippen molar-refractivity contribution in [1.82, 2.24) is 4.90 Å². The van der Waals surface area contributed by atoms with E-state index in [2.05, 4.69) is 217 Å². The predicted molar refractivity (Wildman–Crippen MR) is 213 cm³/mol. The topological polar surface area (TPSA) is 9.72 Å². The monoisotopic (exact) mass is 649 g/mol. The summed E-state index contributed by atoms with van der Waals surface area (Å²) in [6, 6.07) is 47.6. The summed E-state index contributed by atoms with van der Waals surface area (Å²) in [5.74, 6) is 0. The van der Waals surface area contributed by atoms with Crippen LogP contribution in [0.4, 0.5) is 28.4 Å². The maximum atomic E-state index is 2.49. The molecule has 3 nitrogen and oxygen atoms in total. The molecule has 0 N–H and O–H groups in total. The standard InChI is InChI=1S/C47H43N3/c1-3-41(49(43-19-11-6-12-20-43)46-29-25-37(2)26-30-46)31-27-38-33-40-34-47(50(44-21-13-7-14-22-44)45-23-15-8-16-24-45)32-28-39(40)36-48(35-38)42-17-9-4-5-10-18-42/h3-4,6-34H,5,35-36H2,1-2H3/b31-27-,41-3+. The molecular weight excluding hydrogens is 607 g/mol. The Labute approximate surface area is 297 Å². The lowest BCUT2D eigenvalue weighted by atomic mass is 10.0. The van der Waals surface area contributed by atoms with Crippen LogP contribution in [0.5, 0.6) is 0 Å². The van der Waals surface area contributed by atoms with Gasteiger partial charge >= 0.3 is 0 Å². The average molecular weight is 650 g/mol. The molecule has 0 spiro atoms. The van der Waals surface area contributed by atoms with Crippen molar-refractivity contribution in [2.75, 3.05) is 16.3 Å². The van der Waals surface area contributed by atoms with Gasteiger partial charge in [0, 0.05) is 52.9 Å². The highest BCUT2D eigenvalue weighted by atomic mass is 15.2. The minimum atomic E-state index is 0.790. The van der Waals surface area contributed by atoms with Gasteiger partial charge in [-0.25, -0.2) is 0 Å². The molecule has 0 aromatic heterocycles. The van der Waals surface area contributed by atoms with Gasteiger partial charge in [-0.15, -0.1) is 0 Å². The molecule has 3 heteroatoms. The highest BCUT2D eigenvalue weighted by Crippen LogP contribution is 2.37. The van der Waals surface area contributed by atoms with Crippen LogP contribution in [0.3, 0.4) is 0 Å². The van der Waals surface area contributed by atoms with Gasteiger partial charge < -0.3 is 14.7 Å². The third kappa shape index (κ3) is 7.48. The molecule has 0 fully saturated rings. The summed E-state index contributed by atoms with van der Waals surface area (Å²) in [5, 5.41) is 0. The van der Waals surface area contributed by atoms with Gasteiger partial charge in [0.15, 0.2) is 0 Å². The molecule has 0 amide bonds. The van der Waals surface area contributed by atoms with Crippen LogP contribution in [0.2, 0.25) is 0 Å². The maximum Gasteiger partial charge on any atom is 0.0467 e. The highest BCUT2D eigenvalue weighted by molar-refractivity contribution is 5.79. The summed E-state index contributed by atoms with van der Waals surface area (Å²) in [6.07, 6.45) is 21.2. The number of hydrogen-bond donors (Lipinski definition) is 0.